The molecule has 3 rings (SSSR count). The van der Waals surface area contributed by atoms with E-state index >= 15 is 0 Å². The highest BCUT2D eigenvalue weighted by Crippen LogP contribution is 2.24. The molecule has 3 nitrogen and oxygen atoms in total. The Labute approximate surface area is 140 Å². The second kappa shape index (κ2) is 8.88. The van der Waals surface area contributed by atoms with Crippen LogP contribution in [0.1, 0.15) is 37.0 Å². The van der Waals surface area contributed by atoms with Gasteiger partial charge in [0.05, 0.1) is 12.7 Å². The van der Waals surface area contributed by atoms with E-state index in [2.05, 4.69) is 41.4 Å². The van der Waals surface area contributed by atoms with Crippen LogP contribution in [0.25, 0.3) is 0 Å². The number of rotatable bonds is 4. The molecule has 0 amide bonds. The maximum Gasteiger partial charge on any atom is 0.0952 e. The Morgan fingerprint density at radius 2 is 1.91 bits per heavy atom. The highest BCUT2D eigenvalue weighted by molar-refractivity contribution is 5.85. The molecule has 124 valence electrons. The fourth-order valence-electron chi connectivity index (χ4n) is 3.47. The number of hydrogen-bond acceptors (Lipinski definition) is 3. The third kappa shape index (κ3) is 4.69. The molecule has 1 N–H and O–H groups in total. The Morgan fingerprint density at radius 1 is 1.18 bits per heavy atom. The van der Waals surface area contributed by atoms with Crippen molar-refractivity contribution < 1.29 is 4.74 Å². The van der Waals surface area contributed by atoms with E-state index in [4.69, 9.17) is 4.74 Å². The van der Waals surface area contributed by atoms with Crippen LogP contribution in [-0.2, 0) is 11.2 Å². The van der Waals surface area contributed by atoms with Gasteiger partial charge in [0.2, 0.25) is 0 Å². The van der Waals surface area contributed by atoms with Crippen molar-refractivity contribution in [1.29, 1.82) is 0 Å². The van der Waals surface area contributed by atoms with E-state index in [1.165, 1.54) is 43.6 Å². The fraction of sp³-hybridized carbons (Fsp3) is 0.667. The summed E-state index contributed by atoms with van der Waals surface area (Å²) in [5, 5.41) is 3.45. The minimum Gasteiger partial charge on any atom is -0.371 e. The number of nitrogens with one attached hydrogen (secondary N) is 1. The van der Waals surface area contributed by atoms with Crippen LogP contribution in [0.3, 0.4) is 0 Å². The van der Waals surface area contributed by atoms with Crippen LogP contribution < -0.4 is 5.32 Å². The summed E-state index contributed by atoms with van der Waals surface area (Å²) in [6, 6.07) is 8.98. The molecule has 22 heavy (non-hydrogen) atoms. The molecular weight excluding hydrogens is 296 g/mol. The van der Waals surface area contributed by atoms with Gasteiger partial charge in [0, 0.05) is 19.6 Å². The lowest BCUT2D eigenvalue weighted by Gasteiger charge is -2.36. The van der Waals surface area contributed by atoms with Gasteiger partial charge in [0.25, 0.3) is 0 Å². The molecule has 2 aliphatic heterocycles. The van der Waals surface area contributed by atoms with Gasteiger partial charge in [0.1, 0.15) is 0 Å². The smallest absolute Gasteiger partial charge is 0.0952 e. The van der Waals surface area contributed by atoms with E-state index in [1.54, 1.807) is 0 Å². The van der Waals surface area contributed by atoms with Gasteiger partial charge in [0.15, 0.2) is 0 Å². The van der Waals surface area contributed by atoms with Crippen molar-refractivity contribution in [3.05, 3.63) is 35.4 Å². The van der Waals surface area contributed by atoms with Crippen LogP contribution in [0.5, 0.6) is 0 Å². The molecule has 1 unspecified atom stereocenters. The van der Waals surface area contributed by atoms with Crippen molar-refractivity contribution in [1.82, 2.24) is 10.2 Å². The molecule has 1 aromatic rings. The van der Waals surface area contributed by atoms with Crippen LogP contribution in [0, 0.1) is 5.92 Å². The molecule has 0 saturated carbocycles. The standard InChI is InChI=1S/C18H28N2O.ClH/c1-2-15-3-5-17(6-4-15)18-14-20(11-12-21-18)13-16-7-9-19-10-8-16;/h3-6,16,18-19H,2,7-14H2,1H3;1H. The lowest BCUT2D eigenvalue weighted by Crippen LogP contribution is -2.43. The third-order valence-corrected chi connectivity index (χ3v) is 4.89. The average molecular weight is 325 g/mol. The van der Waals surface area contributed by atoms with Crippen molar-refractivity contribution >= 4 is 12.4 Å². The summed E-state index contributed by atoms with van der Waals surface area (Å²) in [7, 11) is 0. The monoisotopic (exact) mass is 324 g/mol. The second-order valence-electron chi connectivity index (χ2n) is 6.41. The maximum absolute atomic E-state index is 6.00. The van der Waals surface area contributed by atoms with Gasteiger partial charge in [-0.2, -0.15) is 0 Å². The number of hydrogen-bond donors (Lipinski definition) is 1. The van der Waals surface area contributed by atoms with Crippen molar-refractivity contribution in [3.63, 3.8) is 0 Å². The topological polar surface area (TPSA) is 24.5 Å². The molecule has 0 bridgehead atoms. The summed E-state index contributed by atoms with van der Waals surface area (Å²) in [6.07, 6.45) is 4.01. The van der Waals surface area contributed by atoms with Crippen molar-refractivity contribution in [2.24, 2.45) is 5.92 Å². The summed E-state index contributed by atoms with van der Waals surface area (Å²) in [4.78, 5) is 2.61. The van der Waals surface area contributed by atoms with Crippen molar-refractivity contribution in [2.45, 2.75) is 32.3 Å². The van der Waals surface area contributed by atoms with Gasteiger partial charge in [-0.1, -0.05) is 31.2 Å². The molecule has 2 fully saturated rings. The summed E-state index contributed by atoms with van der Waals surface area (Å²) < 4.78 is 6.00. The largest absolute Gasteiger partial charge is 0.371 e. The lowest BCUT2D eigenvalue weighted by atomic mass is 9.96. The summed E-state index contributed by atoms with van der Waals surface area (Å²) >= 11 is 0. The fourth-order valence-corrected chi connectivity index (χ4v) is 3.47. The number of nitrogens with zero attached hydrogens (tertiary/aromatic N) is 1. The molecule has 2 heterocycles. The van der Waals surface area contributed by atoms with Gasteiger partial charge in [-0.15, -0.1) is 12.4 Å². The molecular formula is C18H29ClN2O. The number of ether oxygens (including phenoxy) is 1. The van der Waals surface area contributed by atoms with Crippen LogP contribution in [0.4, 0.5) is 0 Å². The van der Waals surface area contributed by atoms with Crippen LogP contribution >= 0.6 is 12.4 Å². The second-order valence-corrected chi connectivity index (χ2v) is 6.41. The maximum atomic E-state index is 6.00. The Bertz CT molecular complexity index is 431. The van der Waals surface area contributed by atoms with Gasteiger partial charge in [-0.3, -0.25) is 4.90 Å². The van der Waals surface area contributed by atoms with Gasteiger partial charge in [-0.05, 0) is 49.4 Å². The van der Waals surface area contributed by atoms with Crippen LogP contribution in [-0.4, -0.2) is 44.2 Å². The highest BCUT2D eigenvalue weighted by Gasteiger charge is 2.24. The van der Waals surface area contributed by atoms with E-state index in [9.17, 15) is 0 Å². The predicted molar refractivity (Wildman–Crippen MR) is 93.8 cm³/mol. The first kappa shape index (κ1) is 17.7. The molecule has 1 atom stereocenters. The van der Waals surface area contributed by atoms with Crippen LogP contribution in [0.15, 0.2) is 24.3 Å². The van der Waals surface area contributed by atoms with Crippen molar-refractivity contribution in [3.8, 4) is 0 Å². The van der Waals surface area contributed by atoms with Gasteiger partial charge in [-0.25, -0.2) is 0 Å². The Hall–Kier alpha value is -0.610. The zero-order valence-corrected chi connectivity index (χ0v) is 14.4. The molecule has 1 aromatic carbocycles. The molecule has 0 aliphatic carbocycles. The Balaban J connectivity index is 0.00000176. The highest BCUT2D eigenvalue weighted by atomic mass is 35.5. The lowest BCUT2D eigenvalue weighted by molar-refractivity contribution is -0.0356. The zero-order chi connectivity index (χ0) is 14.5. The minimum absolute atomic E-state index is 0. The van der Waals surface area contributed by atoms with E-state index < -0.39 is 0 Å². The van der Waals surface area contributed by atoms with E-state index in [1.807, 2.05) is 0 Å². The molecule has 0 aromatic heterocycles. The van der Waals surface area contributed by atoms with Gasteiger partial charge < -0.3 is 10.1 Å². The van der Waals surface area contributed by atoms with Crippen LogP contribution in [0.2, 0.25) is 0 Å². The van der Waals surface area contributed by atoms with E-state index in [-0.39, 0.29) is 18.5 Å². The van der Waals surface area contributed by atoms with E-state index in [0.717, 1.165) is 32.0 Å². The Kier molecular flexibility index (Phi) is 7.16. The third-order valence-electron chi connectivity index (χ3n) is 4.89. The molecule has 0 radical (unpaired) electrons. The zero-order valence-electron chi connectivity index (χ0n) is 13.6. The van der Waals surface area contributed by atoms with Crippen molar-refractivity contribution in [2.75, 3.05) is 39.3 Å². The first-order chi connectivity index (χ1) is 10.3. The first-order valence-corrected chi connectivity index (χ1v) is 8.48. The first-order valence-electron chi connectivity index (χ1n) is 8.48. The minimum atomic E-state index is 0. The number of benzene rings is 1. The number of morpholine rings is 1. The molecule has 2 saturated heterocycles. The SMILES string of the molecule is CCc1ccc(C2CN(CC3CCNCC3)CCO2)cc1.Cl. The Morgan fingerprint density at radius 3 is 2.59 bits per heavy atom. The molecule has 2 aliphatic rings. The quantitative estimate of drug-likeness (QED) is 0.921. The number of aryl methyl sites for hydroxylation is 1. The summed E-state index contributed by atoms with van der Waals surface area (Å²) in [5.74, 6) is 0.868. The number of halogens is 1. The average Bonchev–Trinajstić information content (AvgIpc) is 2.56. The number of piperidine rings is 1. The molecule has 4 heteroatoms. The summed E-state index contributed by atoms with van der Waals surface area (Å²) in [6.45, 7) is 8.84. The molecule has 0 spiro atoms. The predicted octanol–water partition coefficient (Wildman–Crippen LogP) is 3.04. The summed E-state index contributed by atoms with van der Waals surface area (Å²) in [5.41, 5.74) is 2.74. The normalized spacial score (nSPS) is 24.0. The van der Waals surface area contributed by atoms with Gasteiger partial charge >= 0.3 is 0 Å². The van der Waals surface area contributed by atoms with E-state index in [0.29, 0.717) is 0 Å².